The van der Waals surface area contributed by atoms with Crippen LogP contribution >= 0.6 is 0 Å². The average molecular weight is 362 g/mol. The normalized spacial score (nSPS) is 11.2. The Kier molecular flexibility index (Phi) is 5.69. The molecule has 134 valence electrons. The summed E-state index contributed by atoms with van der Waals surface area (Å²) in [5.74, 6) is -0.735. The molecule has 0 atom stereocenters. The number of ether oxygens (including phenoxy) is 1. The van der Waals surface area contributed by atoms with Crippen LogP contribution in [0.25, 0.3) is 0 Å². The summed E-state index contributed by atoms with van der Waals surface area (Å²) >= 11 is 0. The number of benzene rings is 2. The van der Waals surface area contributed by atoms with Crippen LogP contribution < -0.4 is 14.1 Å². The molecule has 0 unspecified atom stereocenters. The van der Waals surface area contributed by atoms with Crippen LogP contribution in [-0.2, 0) is 14.8 Å². The predicted octanol–water partition coefficient (Wildman–Crippen LogP) is 1.65. The second-order valence-electron chi connectivity index (χ2n) is 5.64. The highest BCUT2D eigenvalue weighted by molar-refractivity contribution is 7.92. The quantitative estimate of drug-likeness (QED) is 0.747. The Morgan fingerprint density at radius 2 is 1.72 bits per heavy atom. The minimum absolute atomic E-state index is 0.116. The highest BCUT2D eigenvalue weighted by Crippen LogP contribution is 2.27. The van der Waals surface area contributed by atoms with Crippen molar-refractivity contribution in [2.45, 2.75) is 25.2 Å². The van der Waals surface area contributed by atoms with E-state index < -0.39 is 22.4 Å². The van der Waals surface area contributed by atoms with Crippen LogP contribution in [0.15, 0.2) is 47.4 Å². The monoisotopic (exact) mass is 362 g/mol. The Morgan fingerprint density at radius 3 is 2.24 bits per heavy atom. The number of anilines is 1. The highest BCUT2D eigenvalue weighted by atomic mass is 32.2. The van der Waals surface area contributed by atoms with Gasteiger partial charge in [0.1, 0.15) is 5.75 Å². The van der Waals surface area contributed by atoms with Gasteiger partial charge in [0, 0.05) is 18.9 Å². The van der Waals surface area contributed by atoms with E-state index in [0.29, 0.717) is 11.4 Å². The summed E-state index contributed by atoms with van der Waals surface area (Å²) < 4.78 is 32.2. The number of rotatable bonds is 7. The van der Waals surface area contributed by atoms with Crippen LogP contribution in [0, 0.1) is 13.8 Å². The van der Waals surface area contributed by atoms with Crippen molar-refractivity contribution in [1.82, 2.24) is 0 Å². The molecular weight excluding hydrogens is 342 g/mol. The molecule has 0 saturated heterocycles. The number of carbonyl (C=O) groups is 1. The maximum absolute atomic E-state index is 13.0. The van der Waals surface area contributed by atoms with Gasteiger partial charge in [-0.05, 0) is 61.4 Å². The summed E-state index contributed by atoms with van der Waals surface area (Å²) in [5.41, 5.74) is 2.18. The van der Waals surface area contributed by atoms with Crippen LogP contribution in [-0.4, -0.2) is 28.0 Å². The van der Waals surface area contributed by atoms with Crippen molar-refractivity contribution in [2.75, 3.05) is 18.0 Å². The average Bonchev–Trinajstić information content (AvgIpc) is 2.57. The number of aryl methyl sites for hydroxylation is 2. The van der Waals surface area contributed by atoms with Crippen molar-refractivity contribution >= 4 is 21.7 Å². The van der Waals surface area contributed by atoms with Gasteiger partial charge in [-0.1, -0.05) is 6.07 Å². The van der Waals surface area contributed by atoms with Gasteiger partial charge in [0.2, 0.25) is 0 Å². The van der Waals surface area contributed by atoms with Crippen LogP contribution in [0.5, 0.6) is 5.75 Å². The molecule has 0 bridgehead atoms. The van der Waals surface area contributed by atoms with E-state index in [1.165, 1.54) is 13.2 Å². The molecular formula is C18H20NO5S-. The van der Waals surface area contributed by atoms with Crippen molar-refractivity contribution in [3.8, 4) is 5.75 Å². The van der Waals surface area contributed by atoms with Crippen molar-refractivity contribution in [1.29, 1.82) is 0 Å². The van der Waals surface area contributed by atoms with E-state index in [4.69, 9.17) is 4.74 Å². The Hall–Kier alpha value is -2.54. The molecule has 6 nitrogen and oxygen atoms in total. The summed E-state index contributed by atoms with van der Waals surface area (Å²) in [5, 5.41) is 10.8. The minimum atomic E-state index is -3.91. The summed E-state index contributed by atoms with van der Waals surface area (Å²) in [7, 11) is -2.40. The minimum Gasteiger partial charge on any atom is -0.550 e. The SMILES string of the molecule is COc1ccc(N(CCC(=O)[O-])S(=O)(=O)c2ccc(C)c(C)c2)cc1. The number of carboxylic acids is 1. The lowest BCUT2D eigenvalue weighted by Crippen LogP contribution is -2.35. The second-order valence-corrected chi connectivity index (χ2v) is 7.51. The molecule has 2 rings (SSSR count). The van der Waals surface area contributed by atoms with Gasteiger partial charge in [0.15, 0.2) is 0 Å². The number of hydrogen-bond donors (Lipinski definition) is 0. The first-order valence-corrected chi connectivity index (χ1v) is 9.13. The molecule has 0 amide bonds. The maximum Gasteiger partial charge on any atom is 0.264 e. The fourth-order valence-electron chi connectivity index (χ4n) is 2.33. The first-order valence-electron chi connectivity index (χ1n) is 7.69. The number of nitrogens with zero attached hydrogens (tertiary/aromatic N) is 1. The van der Waals surface area contributed by atoms with Crippen LogP contribution in [0.2, 0.25) is 0 Å². The summed E-state index contributed by atoms with van der Waals surface area (Å²) in [6.07, 6.45) is -0.407. The van der Waals surface area contributed by atoms with Gasteiger partial charge in [-0.3, -0.25) is 4.31 Å². The van der Waals surface area contributed by atoms with Crippen molar-refractivity contribution in [3.63, 3.8) is 0 Å². The maximum atomic E-state index is 13.0. The van der Waals surface area contributed by atoms with Gasteiger partial charge >= 0.3 is 0 Å². The Morgan fingerprint density at radius 1 is 1.08 bits per heavy atom. The van der Waals surface area contributed by atoms with E-state index in [1.54, 1.807) is 36.4 Å². The van der Waals surface area contributed by atoms with Crippen LogP contribution in [0.4, 0.5) is 5.69 Å². The fourth-order valence-corrected chi connectivity index (χ4v) is 3.88. The third-order valence-corrected chi connectivity index (χ3v) is 5.77. The van der Waals surface area contributed by atoms with Gasteiger partial charge < -0.3 is 14.6 Å². The Balaban J connectivity index is 2.48. The predicted molar refractivity (Wildman–Crippen MR) is 93.1 cm³/mol. The lowest BCUT2D eigenvalue weighted by molar-refractivity contribution is -0.305. The standard InChI is InChI=1S/C18H21NO5S/c1-13-4-9-17(12-14(13)2)25(22,23)19(11-10-18(20)21)15-5-7-16(24-3)8-6-15/h4-9,12H,10-11H2,1-3H3,(H,20,21)/p-1. The van der Waals surface area contributed by atoms with E-state index in [0.717, 1.165) is 15.4 Å². The molecule has 0 aliphatic heterocycles. The lowest BCUT2D eigenvalue weighted by atomic mass is 10.1. The van der Waals surface area contributed by atoms with Gasteiger partial charge in [-0.2, -0.15) is 0 Å². The summed E-state index contributed by atoms with van der Waals surface area (Å²) in [6.45, 7) is 3.50. The molecule has 0 heterocycles. The van der Waals surface area contributed by atoms with Crippen molar-refractivity contribution in [2.24, 2.45) is 0 Å². The molecule has 0 aromatic heterocycles. The van der Waals surface area contributed by atoms with Gasteiger partial charge in [-0.25, -0.2) is 8.42 Å². The zero-order valence-electron chi connectivity index (χ0n) is 14.4. The van der Waals surface area contributed by atoms with E-state index in [-0.39, 0.29) is 11.4 Å². The third kappa shape index (κ3) is 4.30. The van der Waals surface area contributed by atoms with E-state index >= 15 is 0 Å². The van der Waals surface area contributed by atoms with Gasteiger partial charge in [0.25, 0.3) is 10.0 Å². The van der Waals surface area contributed by atoms with Crippen molar-refractivity contribution in [3.05, 3.63) is 53.6 Å². The molecule has 0 fully saturated rings. The Labute approximate surface area is 147 Å². The largest absolute Gasteiger partial charge is 0.550 e. The zero-order chi connectivity index (χ0) is 18.6. The van der Waals surface area contributed by atoms with Crippen LogP contribution in [0.1, 0.15) is 17.5 Å². The van der Waals surface area contributed by atoms with Crippen molar-refractivity contribution < 1.29 is 23.1 Å². The topological polar surface area (TPSA) is 86.7 Å². The molecule has 7 heteroatoms. The van der Waals surface area contributed by atoms with E-state index in [2.05, 4.69) is 0 Å². The summed E-state index contributed by atoms with van der Waals surface area (Å²) in [4.78, 5) is 11.0. The molecule has 2 aromatic carbocycles. The summed E-state index contributed by atoms with van der Waals surface area (Å²) in [6, 6.07) is 11.2. The van der Waals surface area contributed by atoms with Crippen LogP contribution in [0.3, 0.4) is 0 Å². The number of carboxylic acid groups (broad SMARTS) is 1. The third-order valence-electron chi connectivity index (χ3n) is 3.95. The zero-order valence-corrected chi connectivity index (χ0v) is 15.2. The molecule has 0 aliphatic carbocycles. The number of hydrogen-bond acceptors (Lipinski definition) is 5. The van der Waals surface area contributed by atoms with Gasteiger partial charge in [-0.15, -0.1) is 0 Å². The van der Waals surface area contributed by atoms with Gasteiger partial charge in [0.05, 0.1) is 17.7 Å². The molecule has 25 heavy (non-hydrogen) atoms. The number of aliphatic carboxylic acids is 1. The first-order chi connectivity index (χ1) is 11.8. The lowest BCUT2D eigenvalue weighted by Gasteiger charge is -2.25. The van der Waals surface area contributed by atoms with E-state index in [1.807, 2.05) is 13.8 Å². The number of sulfonamides is 1. The smallest absolute Gasteiger partial charge is 0.264 e. The molecule has 0 N–H and O–H groups in total. The highest BCUT2D eigenvalue weighted by Gasteiger charge is 2.25. The molecule has 0 aliphatic rings. The fraction of sp³-hybridized carbons (Fsp3) is 0.278. The number of methoxy groups -OCH3 is 1. The molecule has 0 radical (unpaired) electrons. The Bertz CT molecular complexity index is 860. The second kappa shape index (κ2) is 7.57. The molecule has 2 aromatic rings. The molecule has 0 saturated carbocycles. The first kappa shape index (κ1) is 18.8. The molecule has 0 spiro atoms. The number of carbonyl (C=O) groups excluding carboxylic acids is 1. The van der Waals surface area contributed by atoms with E-state index in [9.17, 15) is 18.3 Å².